The molecule has 0 saturated carbocycles. The number of rotatable bonds is 2. The lowest BCUT2D eigenvalue weighted by Gasteiger charge is -2.10. The van der Waals surface area contributed by atoms with Gasteiger partial charge in [-0.05, 0) is 12.1 Å². The van der Waals surface area contributed by atoms with Gasteiger partial charge in [0.2, 0.25) is 0 Å². The Morgan fingerprint density at radius 1 is 1.50 bits per heavy atom. The second-order valence-corrected chi connectivity index (χ2v) is 2.60. The first-order chi connectivity index (χ1) is 6.72. The van der Waals surface area contributed by atoms with Gasteiger partial charge in [-0.2, -0.15) is 5.10 Å². The van der Waals surface area contributed by atoms with Crippen molar-refractivity contribution < 1.29 is 5.11 Å². The Morgan fingerprint density at radius 3 is 2.71 bits per heavy atom. The van der Waals surface area contributed by atoms with Crippen LogP contribution in [-0.2, 0) is 0 Å². The van der Waals surface area contributed by atoms with E-state index < -0.39 is 0 Å². The summed E-state index contributed by atoms with van der Waals surface area (Å²) in [5.41, 5.74) is 3.74. The lowest BCUT2D eigenvalue weighted by molar-refractivity contribution is 0.475. The number of nitrogens with one attached hydrogen (secondary N) is 2. The minimum absolute atomic E-state index is 0.159. The zero-order chi connectivity index (χ0) is 10.6. The van der Waals surface area contributed by atoms with Crippen molar-refractivity contribution >= 4 is 11.5 Å². The van der Waals surface area contributed by atoms with Crippen molar-refractivity contribution in [3.8, 4) is 5.75 Å². The van der Waals surface area contributed by atoms with Crippen LogP contribution in [0, 0.1) is 0 Å². The van der Waals surface area contributed by atoms with Crippen molar-refractivity contribution in [3.63, 3.8) is 0 Å². The number of hydrazone groups is 1. The van der Waals surface area contributed by atoms with Gasteiger partial charge >= 0.3 is 0 Å². The number of nitrogens with zero attached hydrogens (tertiary/aromatic N) is 1. The van der Waals surface area contributed by atoms with Gasteiger partial charge < -0.3 is 21.7 Å². The molecule has 0 atom stereocenters. The number of aromatic hydroxyl groups is 1. The Kier molecular flexibility index (Phi) is 3.14. The smallest absolute Gasteiger partial charge is 0.168 e. The van der Waals surface area contributed by atoms with Crippen molar-refractivity contribution in [2.24, 2.45) is 16.8 Å². The molecule has 0 spiro atoms. The Bertz CT molecular complexity index is 350. The summed E-state index contributed by atoms with van der Waals surface area (Å²) in [6.07, 6.45) is 0. The summed E-state index contributed by atoms with van der Waals surface area (Å²) < 4.78 is 0. The predicted octanol–water partition coefficient (Wildman–Crippen LogP) is -0.482. The Balaban J connectivity index is 3.20. The molecule has 76 valence electrons. The number of hydrazine groups is 1. The first-order valence-corrected chi connectivity index (χ1v) is 3.98. The third-order valence-electron chi connectivity index (χ3n) is 1.79. The third-order valence-corrected chi connectivity index (χ3v) is 1.79. The van der Waals surface area contributed by atoms with E-state index in [1.807, 2.05) is 0 Å². The molecule has 0 fully saturated rings. The van der Waals surface area contributed by atoms with E-state index in [-0.39, 0.29) is 5.75 Å². The summed E-state index contributed by atoms with van der Waals surface area (Å²) in [4.78, 5) is 0. The van der Waals surface area contributed by atoms with Gasteiger partial charge in [-0.3, -0.25) is 0 Å². The summed E-state index contributed by atoms with van der Waals surface area (Å²) in [5.74, 6) is 10.9. The maximum Gasteiger partial charge on any atom is 0.168 e. The van der Waals surface area contributed by atoms with Crippen LogP contribution in [0.2, 0.25) is 0 Å². The maximum atomic E-state index is 9.23. The van der Waals surface area contributed by atoms with Crippen LogP contribution < -0.4 is 22.4 Å². The summed E-state index contributed by atoms with van der Waals surface area (Å²) >= 11 is 0. The average Bonchev–Trinajstić information content (AvgIpc) is 2.21. The van der Waals surface area contributed by atoms with Gasteiger partial charge in [0.25, 0.3) is 0 Å². The Morgan fingerprint density at radius 2 is 2.21 bits per heavy atom. The number of phenolic OH excluding ortho intramolecular Hbond substituents is 1. The molecule has 6 heteroatoms. The lowest BCUT2D eigenvalue weighted by atomic mass is 10.1. The average molecular weight is 195 g/mol. The monoisotopic (exact) mass is 195 g/mol. The molecule has 0 radical (unpaired) electrons. The maximum absolute atomic E-state index is 9.23. The van der Waals surface area contributed by atoms with Crippen LogP contribution in [0.5, 0.6) is 5.75 Å². The number of nitrogens with two attached hydrogens (primary N) is 2. The molecule has 6 nitrogen and oxygen atoms in total. The van der Waals surface area contributed by atoms with E-state index in [2.05, 4.69) is 15.8 Å². The van der Waals surface area contributed by atoms with Crippen molar-refractivity contribution in [2.75, 3.05) is 12.4 Å². The van der Waals surface area contributed by atoms with Crippen LogP contribution >= 0.6 is 0 Å². The molecule has 0 aromatic heterocycles. The van der Waals surface area contributed by atoms with Crippen molar-refractivity contribution in [1.29, 1.82) is 0 Å². The number of amidine groups is 1. The summed E-state index contributed by atoms with van der Waals surface area (Å²) in [6.45, 7) is 0. The van der Waals surface area contributed by atoms with E-state index in [1.54, 1.807) is 19.2 Å². The second-order valence-electron chi connectivity index (χ2n) is 2.60. The molecule has 0 bridgehead atoms. The highest BCUT2D eigenvalue weighted by Crippen LogP contribution is 2.20. The van der Waals surface area contributed by atoms with Crippen LogP contribution in [0.3, 0.4) is 0 Å². The third kappa shape index (κ3) is 1.86. The quantitative estimate of drug-likeness (QED) is 0.189. The zero-order valence-corrected chi connectivity index (χ0v) is 7.78. The minimum Gasteiger partial charge on any atom is -0.508 e. The van der Waals surface area contributed by atoms with E-state index in [9.17, 15) is 5.11 Å². The van der Waals surface area contributed by atoms with Gasteiger partial charge in [0.15, 0.2) is 5.84 Å². The first kappa shape index (κ1) is 10.1. The highest BCUT2D eigenvalue weighted by molar-refractivity contribution is 6.03. The number of phenols is 1. The second kappa shape index (κ2) is 4.33. The molecule has 1 aromatic carbocycles. The normalized spacial score (nSPS) is 11.1. The summed E-state index contributed by atoms with van der Waals surface area (Å²) in [7, 11) is 1.73. The van der Waals surface area contributed by atoms with Crippen molar-refractivity contribution in [1.82, 2.24) is 5.43 Å². The Labute approximate surface area is 81.6 Å². The predicted molar refractivity (Wildman–Crippen MR) is 55.7 cm³/mol. The van der Waals surface area contributed by atoms with E-state index in [4.69, 9.17) is 11.7 Å². The van der Waals surface area contributed by atoms with E-state index in [0.29, 0.717) is 17.1 Å². The molecule has 14 heavy (non-hydrogen) atoms. The van der Waals surface area contributed by atoms with Crippen LogP contribution in [0.15, 0.2) is 23.3 Å². The van der Waals surface area contributed by atoms with Gasteiger partial charge in [0, 0.05) is 24.4 Å². The molecule has 0 aliphatic heterocycles. The van der Waals surface area contributed by atoms with E-state index >= 15 is 0 Å². The number of benzene rings is 1. The lowest BCUT2D eigenvalue weighted by Crippen LogP contribution is -2.32. The van der Waals surface area contributed by atoms with Crippen LogP contribution in [0.1, 0.15) is 5.56 Å². The number of anilines is 1. The summed E-state index contributed by atoms with van der Waals surface area (Å²) in [6, 6.07) is 4.74. The largest absolute Gasteiger partial charge is 0.508 e. The molecule has 0 saturated heterocycles. The highest BCUT2D eigenvalue weighted by Gasteiger charge is 2.07. The number of hydrogen-bond acceptors (Lipinski definition) is 5. The summed E-state index contributed by atoms with van der Waals surface area (Å²) in [5, 5.41) is 15.6. The van der Waals surface area contributed by atoms with Gasteiger partial charge in [0.05, 0.1) is 0 Å². The highest BCUT2D eigenvalue weighted by atomic mass is 16.3. The standard InChI is InChI=1S/C8H13N5O/c1-11-7-4-5(14)2-3-6(7)8(12-9)13-10/h2-4,11,14H,9-10H2,1H3,(H,12,13). The van der Waals surface area contributed by atoms with Crippen molar-refractivity contribution in [3.05, 3.63) is 23.8 Å². The molecular weight excluding hydrogens is 182 g/mol. The van der Waals surface area contributed by atoms with Gasteiger partial charge in [-0.15, -0.1) is 0 Å². The first-order valence-electron chi connectivity index (χ1n) is 3.98. The van der Waals surface area contributed by atoms with Crippen LogP contribution in [0.25, 0.3) is 0 Å². The molecular formula is C8H13N5O. The fraction of sp³-hybridized carbons (Fsp3) is 0.125. The van der Waals surface area contributed by atoms with Crippen LogP contribution in [-0.4, -0.2) is 18.0 Å². The number of hydrogen-bond donors (Lipinski definition) is 5. The van der Waals surface area contributed by atoms with Gasteiger partial charge in [-0.25, -0.2) is 5.84 Å². The molecule has 0 aliphatic carbocycles. The van der Waals surface area contributed by atoms with Crippen molar-refractivity contribution in [2.45, 2.75) is 0 Å². The molecule has 0 aliphatic rings. The molecule has 0 amide bonds. The fourth-order valence-electron chi connectivity index (χ4n) is 1.13. The molecule has 0 heterocycles. The fourth-order valence-corrected chi connectivity index (χ4v) is 1.13. The van der Waals surface area contributed by atoms with Gasteiger partial charge in [-0.1, -0.05) is 0 Å². The molecule has 7 N–H and O–H groups in total. The van der Waals surface area contributed by atoms with Crippen LogP contribution in [0.4, 0.5) is 5.69 Å². The van der Waals surface area contributed by atoms with E-state index in [0.717, 1.165) is 0 Å². The molecule has 1 rings (SSSR count). The SMILES string of the molecule is CNc1cc(O)ccc1/C(=N/N)NN. The van der Waals surface area contributed by atoms with Gasteiger partial charge in [0.1, 0.15) is 5.75 Å². The topological polar surface area (TPSA) is 109 Å². The molecule has 0 unspecified atom stereocenters. The zero-order valence-electron chi connectivity index (χ0n) is 7.78. The Hall–Kier alpha value is -1.95. The molecule has 1 aromatic rings. The minimum atomic E-state index is 0.159. The van der Waals surface area contributed by atoms with E-state index in [1.165, 1.54) is 6.07 Å².